The lowest BCUT2D eigenvalue weighted by atomic mass is 10.1. The predicted octanol–water partition coefficient (Wildman–Crippen LogP) is 3.00. The molecule has 0 amide bonds. The molecule has 5 heteroatoms. The quantitative estimate of drug-likeness (QED) is 0.864. The number of thioether (sulfide) groups is 1. The van der Waals surface area contributed by atoms with Crippen molar-refractivity contribution in [2.45, 2.75) is 25.9 Å². The minimum atomic E-state index is -0.544. The maximum atomic E-state index is 13.9. The molecule has 0 spiro atoms. The van der Waals surface area contributed by atoms with Gasteiger partial charge >= 0.3 is 0 Å². The largest absolute Gasteiger partial charge is 0.366 e. The van der Waals surface area contributed by atoms with E-state index in [0.29, 0.717) is 5.56 Å². The molecule has 1 rings (SSSR count). The van der Waals surface area contributed by atoms with Crippen LogP contribution in [0.1, 0.15) is 18.9 Å². The van der Waals surface area contributed by atoms with E-state index in [0.717, 1.165) is 12.2 Å². The number of halogens is 2. The topological polar surface area (TPSA) is 29.3 Å². The van der Waals surface area contributed by atoms with Crippen molar-refractivity contribution in [3.05, 3.63) is 29.3 Å². The first-order valence-electron chi connectivity index (χ1n) is 5.94. The molecule has 1 atom stereocenters. The summed E-state index contributed by atoms with van der Waals surface area (Å²) in [4.78, 5) is 1.68. The molecule has 0 bridgehead atoms. The van der Waals surface area contributed by atoms with E-state index in [9.17, 15) is 8.78 Å². The predicted molar refractivity (Wildman–Crippen MR) is 75.1 cm³/mol. The molecule has 0 aliphatic rings. The molecule has 1 aromatic carbocycles. The second-order valence-electron chi connectivity index (χ2n) is 4.24. The third kappa shape index (κ3) is 3.36. The number of rotatable bonds is 6. The molecular formula is C13H20F2N2S. The van der Waals surface area contributed by atoms with Crippen LogP contribution in [0, 0.1) is 11.6 Å². The van der Waals surface area contributed by atoms with E-state index in [-0.39, 0.29) is 18.3 Å². The number of hydrogen-bond acceptors (Lipinski definition) is 3. The first kappa shape index (κ1) is 15.2. The maximum Gasteiger partial charge on any atom is 0.149 e. The van der Waals surface area contributed by atoms with Gasteiger partial charge in [-0.15, -0.1) is 0 Å². The minimum Gasteiger partial charge on any atom is -0.366 e. The lowest BCUT2D eigenvalue weighted by Gasteiger charge is -2.29. The second-order valence-corrected chi connectivity index (χ2v) is 5.15. The van der Waals surface area contributed by atoms with Crippen LogP contribution < -0.4 is 10.6 Å². The molecule has 102 valence electrons. The van der Waals surface area contributed by atoms with Gasteiger partial charge in [0.15, 0.2) is 0 Å². The SMILES string of the molecule is CCC(CSC)N(C)c1c(F)cc(CN)cc1F. The summed E-state index contributed by atoms with van der Waals surface area (Å²) in [6, 6.07) is 2.73. The fraction of sp³-hybridized carbons (Fsp3) is 0.538. The molecule has 0 fully saturated rings. The summed E-state index contributed by atoms with van der Waals surface area (Å²) >= 11 is 1.67. The molecule has 0 aliphatic heterocycles. The fourth-order valence-electron chi connectivity index (χ4n) is 1.95. The number of nitrogens with two attached hydrogens (primary N) is 1. The van der Waals surface area contributed by atoms with Crippen LogP contribution in [-0.2, 0) is 6.54 Å². The molecule has 1 unspecified atom stereocenters. The van der Waals surface area contributed by atoms with Crippen LogP contribution in [0.4, 0.5) is 14.5 Å². The van der Waals surface area contributed by atoms with Crippen LogP contribution in [0.2, 0.25) is 0 Å². The highest BCUT2D eigenvalue weighted by Gasteiger charge is 2.20. The number of benzene rings is 1. The molecular weight excluding hydrogens is 254 g/mol. The summed E-state index contributed by atoms with van der Waals surface area (Å²) in [5.41, 5.74) is 5.90. The average Bonchev–Trinajstić information content (AvgIpc) is 2.34. The van der Waals surface area contributed by atoms with Crippen LogP contribution in [0.3, 0.4) is 0 Å². The molecule has 0 radical (unpaired) electrons. The summed E-state index contributed by atoms with van der Waals surface area (Å²) in [6.45, 7) is 2.15. The Labute approximate surface area is 112 Å². The molecule has 0 aliphatic carbocycles. The second kappa shape index (κ2) is 6.95. The maximum absolute atomic E-state index is 13.9. The van der Waals surface area contributed by atoms with Gasteiger partial charge in [-0.05, 0) is 30.4 Å². The third-order valence-electron chi connectivity index (χ3n) is 3.04. The fourth-order valence-corrected chi connectivity index (χ4v) is 2.80. The van der Waals surface area contributed by atoms with Crippen molar-refractivity contribution in [2.24, 2.45) is 5.73 Å². The highest BCUT2D eigenvalue weighted by molar-refractivity contribution is 7.98. The summed E-state index contributed by atoms with van der Waals surface area (Å²) in [5.74, 6) is -0.250. The Bertz CT molecular complexity index is 376. The Morgan fingerprint density at radius 3 is 2.28 bits per heavy atom. The van der Waals surface area contributed by atoms with Crippen LogP contribution in [0.25, 0.3) is 0 Å². The highest BCUT2D eigenvalue weighted by Crippen LogP contribution is 2.27. The van der Waals surface area contributed by atoms with Gasteiger partial charge in [-0.25, -0.2) is 8.78 Å². The first-order chi connectivity index (χ1) is 8.54. The number of nitrogens with zero attached hydrogens (tertiary/aromatic N) is 1. The van der Waals surface area contributed by atoms with Gasteiger partial charge in [0, 0.05) is 25.4 Å². The van der Waals surface area contributed by atoms with E-state index < -0.39 is 11.6 Å². The van der Waals surface area contributed by atoms with E-state index in [1.54, 1.807) is 23.7 Å². The van der Waals surface area contributed by atoms with Gasteiger partial charge in [-0.2, -0.15) is 11.8 Å². The average molecular weight is 274 g/mol. The van der Waals surface area contributed by atoms with Crippen molar-refractivity contribution in [3.8, 4) is 0 Å². The third-order valence-corrected chi connectivity index (χ3v) is 3.76. The molecule has 1 aromatic rings. The zero-order chi connectivity index (χ0) is 13.7. The molecule has 0 saturated carbocycles. The minimum absolute atomic E-state index is 0.0353. The van der Waals surface area contributed by atoms with Crippen molar-refractivity contribution in [2.75, 3.05) is 24.0 Å². The monoisotopic (exact) mass is 274 g/mol. The zero-order valence-corrected chi connectivity index (χ0v) is 11.9. The summed E-state index contributed by atoms with van der Waals surface area (Å²) < 4.78 is 27.9. The van der Waals surface area contributed by atoms with Crippen LogP contribution in [0.5, 0.6) is 0 Å². The van der Waals surface area contributed by atoms with E-state index >= 15 is 0 Å². The van der Waals surface area contributed by atoms with E-state index in [1.165, 1.54) is 12.1 Å². The number of hydrogen-bond donors (Lipinski definition) is 1. The molecule has 18 heavy (non-hydrogen) atoms. The Balaban J connectivity index is 3.08. The Hall–Kier alpha value is -0.810. The Morgan fingerprint density at radius 1 is 1.33 bits per heavy atom. The molecule has 0 aromatic heterocycles. The van der Waals surface area contributed by atoms with E-state index in [2.05, 4.69) is 0 Å². The first-order valence-corrected chi connectivity index (χ1v) is 7.34. The Kier molecular flexibility index (Phi) is 5.88. The van der Waals surface area contributed by atoms with Gasteiger partial charge in [0.1, 0.15) is 17.3 Å². The summed E-state index contributed by atoms with van der Waals surface area (Å²) in [7, 11) is 1.73. The standard InChI is InChI=1S/C13H20F2N2S/c1-4-10(8-18-3)17(2)13-11(14)5-9(7-16)6-12(13)15/h5-6,10H,4,7-8,16H2,1-3H3. The molecule has 2 nitrogen and oxygen atoms in total. The van der Waals surface area contributed by atoms with Crippen LogP contribution in [0.15, 0.2) is 12.1 Å². The summed E-state index contributed by atoms with van der Waals surface area (Å²) in [5, 5.41) is 0. The zero-order valence-electron chi connectivity index (χ0n) is 11.0. The van der Waals surface area contributed by atoms with E-state index in [4.69, 9.17) is 5.73 Å². The molecule has 2 N–H and O–H groups in total. The van der Waals surface area contributed by atoms with Crippen LogP contribution in [-0.4, -0.2) is 25.1 Å². The van der Waals surface area contributed by atoms with Crippen molar-refractivity contribution in [3.63, 3.8) is 0 Å². The van der Waals surface area contributed by atoms with E-state index in [1.807, 2.05) is 13.2 Å². The van der Waals surface area contributed by atoms with Crippen molar-refractivity contribution in [1.29, 1.82) is 0 Å². The Morgan fingerprint density at radius 2 is 1.89 bits per heavy atom. The van der Waals surface area contributed by atoms with Crippen molar-refractivity contribution < 1.29 is 8.78 Å². The van der Waals surface area contributed by atoms with Crippen molar-refractivity contribution in [1.82, 2.24) is 0 Å². The van der Waals surface area contributed by atoms with Gasteiger partial charge in [0.2, 0.25) is 0 Å². The van der Waals surface area contributed by atoms with Gasteiger partial charge in [-0.3, -0.25) is 0 Å². The van der Waals surface area contributed by atoms with Gasteiger partial charge in [0.05, 0.1) is 0 Å². The van der Waals surface area contributed by atoms with Gasteiger partial charge < -0.3 is 10.6 Å². The number of anilines is 1. The highest BCUT2D eigenvalue weighted by atomic mass is 32.2. The van der Waals surface area contributed by atoms with Gasteiger partial charge in [-0.1, -0.05) is 6.92 Å². The summed E-state index contributed by atoms with van der Waals surface area (Å²) in [6.07, 6.45) is 2.83. The van der Waals surface area contributed by atoms with Crippen LogP contribution >= 0.6 is 11.8 Å². The lowest BCUT2D eigenvalue weighted by Crippen LogP contribution is -2.34. The normalized spacial score (nSPS) is 12.6. The van der Waals surface area contributed by atoms with Gasteiger partial charge in [0.25, 0.3) is 0 Å². The molecule has 0 saturated heterocycles. The lowest BCUT2D eigenvalue weighted by molar-refractivity contribution is 0.556. The van der Waals surface area contributed by atoms with Crippen molar-refractivity contribution >= 4 is 17.4 Å². The molecule has 0 heterocycles. The smallest absolute Gasteiger partial charge is 0.149 e.